The van der Waals surface area contributed by atoms with Crippen LogP contribution in [0.5, 0.6) is 0 Å². The molecular weight excluding hydrogens is 376 g/mol. The Kier molecular flexibility index (Phi) is 5.94. The fourth-order valence-corrected chi connectivity index (χ4v) is 3.51. The summed E-state index contributed by atoms with van der Waals surface area (Å²) in [4.78, 5) is 12.4. The minimum Gasteiger partial charge on any atom is -0.461 e. The first kappa shape index (κ1) is 19.8. The second kappa shape index (κ2) is 8.39. The monoisotopic (exact) mass is 398 g/mol. The van der Waals surface area contributed by atoms with Crippen LogP contribution in [0.3, 0.4) is 0 Å². The highest BCUT2D eigenvalue weighted by Crippen LogP contribution is 2.18. The Morgan fingerprint density at radius 3 is 2.32 bits per heavy atom. The molecule has 0 N–H and O–H groups in total. The molecule has 0 atom stereocenters. The van der Waals surface area contributed by atoms with Crippen molar-refractivity contribution in [3.63, 3.8) is 0 Å². The van der Waals surface area contributed by atoms with Gasteiger partial charge < -0.3 is 4.74 Å². The van der Waals surface area contributed by atoms with Crippen molar-refractivity contribution in [2.75, 3.05) is 12.9 Å². The Morgan fingerprint density at radius 2 is 1.71 bits per heavy atom. The number of carbonyl (C=O) groups is 1. The lowest BCUT2D eigenvalue weighted by Gasteiger charge is -2.08. The van der Waals surface area contributed by atoms with E-state index >= 15 is 0 Å². The van der Waals surface area contributed by atoms with Crippen molar-refractivity contribution in [2.24, 2.45) is 0 Å². The predicted octanol–water partition coefficient (Wildman–Crippen LogP) is 3.24. The van der Waals surface area contributed by atoms with Crippen LogP contribution < -0.4 is 0 Å². The topological polar surface area (TPSA) is 78.3 Å². The maximum Gasteiger partial charge on any atom is 0.358 e. The summed E-state index contributed by atoms with van der Waals surface area (Å²) in [7, 11) is -3.28. The van der Waals surface area contributed by atoms with Gasteiger partial charge >= 0.3 is 5.97 Å². The number of hydrogen-bond donors (Lipinski definition) is 0. The number of benzene rings is 2. The highest BCUT2D eigenvalue weighted by Gasteiger charge is 2.17. The van der Waals surface area contributed by atoms with Crippen molar-refractivity contribution >= 4 is 15.8 Å². The number of rotatable bonds is 7. The van der Waals surface area contributed by atoms with Crippen LogP contribution in [0, 0.1) is 0 Å². The van der Waals surface area contributed by atoms with E-state index in [1.807, 2.05) is 30.3 Å². The van der Waals surface area contributed by atoms with E-state index < -0.39 is 15.8 Å². The summed E-state index contributed by atoms with van der Waals surface area (Å²) in [6.45, 7) is 2.02. The summed E-state index contributed by atoms with van der Waals surface area (Å²) >= 11 is 0. The fraction of sp³-hybridized carbons (Fsp3) is 0.238. The van der Waals surface area contributed by atoms with Gasteiger partial charge in [-0.2, -0.15) is 5.10 Å². The summed E-state index contributed by atoms with van der Waals surface area (Å²) in [6.07, 6.45) is 2.63. The molecule has 0 aliphatic heterocycles. The molecule has 0 amide bonds. The smallest absolute Gasteiger partial charge is 0.358 e. The molecule has 0 fully saturated rings. The lowest BCUT2D eigenvalue weighted by atomic mass is 10.1. The first-order chi connectivity index (χ1) is 13.4. The van der Waals surface area contributed by atoms with Crippen molar-refractivity contribution in [2.45, 2.75) is 24.7 Å². The van der Waals surface area contributed by atoms with Gasteiger partial charge in [0.2, 0.25) is 0 Å². The summed E-state index contributed by atoms with van der Waals surface area (Å²) in [5.41, 5.74) is 2.95. The Morgan fingerprint density at radius 1 is 1.04 bits per heavy atom. The van der Waals surface area contributed by atoms with E-state index in [1.54, 1.807) is 29.8 Å². The highest BCUT2D eigenvalue weighted by molar-refractivity contribution is 7.90. The number of ether oxygens (including phenoxy) is 1. The molecule has 0 unspecified atom stereocenters. The van der Waals surface area contributed by atoms with Crippen LogP contribution in [0.25, 0.3) is 5.69 Å². The Bertz CT molecular complexity index is 1060. The Labute approximate surface area is 164 Å². The molecule has 146 valence electrons. The molecule has 0 spiro atoms. The van der Waals surface area contributed by atoms with Crippen LogP contribution in [-0.4, -0.2) is 37.0 Å². The lowest BCUT2D eigenvalue weighted by molar-refractivity contribution is 0.0519. The molecule has 0 saturated heterocycles. The molecule has 7 heteroatoms. The SMILES string of the molecule is CCOC(=O)c1cc(CCc2ccccc2)n(-c2ccc(S(C)(=O)=O)cc2)n1. The molecular formula is C21H22N2O4S. The molecule has 1 heterocycles. The van der Waals surface area contributed by atoms with Gasteiger partial charge in [0.25, 0.3) is 0 Å². The van der Waals surface area contributed by atoms with E-state index in [-0.39, 0.29) is 17.2 Å². The van der Waals surface area contributed by atoms with E-state index in [1.165, 1.54) is 24.0 Å². The summed E-state index contributed by atoms with van der Waals surface area (Å²) in [5.74, 6) is -0.477. The van der Waals surface area contributed by atoms with Gasteiger partial charge in [0.15, 0.2) is 15.5 Å². The quantitative estimate of drug-likeness (QED) is 0.571. The number of carbonyl (C=O) groups excluding carboxylic acids is 1. The van der Waals surface area contributed by atoms with Gasteiger partial charge in [0.05, 0.1) is 17.2 Å². The number of sulfone groups is 1. The van der Waals surface area contributed by atoms with Gasteiger partial charge in [-0.15, -0.1) is 0 Å². The summed E-state index contributed by atoms with van der Waals surface area (Å²) in [5, 5.41) is 4.40. The van der Waals surface area contributed by atoms with E-state index in [2.05, 4.69) is 5.10 Å². The van der Waals surface area contributed by atoms with E-state index in [0.717, 1.165) is 12.1 Å². The summed E-state index contributed by atoms with van der Waals surface area (Å²) in [6, 6.07) is 18.2. The molecule has 0 aliphatic rings. The number of aryl methyl sites for hydroxylation is 2. The van der Waals surface area contributed by atoms with Crippen molar-refractivity contribution in [1.29, 1.82) is 0 Å². The first-order valence-corrected chi connectivity index (χ1v) is 10.9. The third-order valence-corrected chi connectivity index (χ3v) is 5.42. The van der Waals surface area contributed by atoms with Crippen molar-refractivity contribution < 1.29 is 17.9 Å². The second-order valence-corrected chi connectivity index (χ2v) is 8.42. The number of hydrogen-bond acceptors (Lipinski definition) is 5. The molecule has 0 bridgehead atoms. The summed E-state index contributed by atoms with van der Waals surface area (Å²) < 4.78 is 30.1. The maximum atomic E-state index is 12.1. The van der Waals surface area contributed by atoms with Crippen LogP contribution in [0.1, 0.15) is 28.7 Å². The molecule has 1 aromatic heterocycles. The standard InChI is InChI=1S/C21H22N2O4S/c1-3-27-21(24)20-15-18(10-9-16-7-5-4-6-8-16)23(22-20)17-11-13-19(14-12-17)28(2,25)26/h4-8,11-15H,3,9-10H2,1-2H3. The molecule has 0 radical (unpaired) electrons. The number of aromatic nitrogens is 2. The average molecular weight is 398 g/mol. The lowest BCUT2D eigenvalue weighted by Crippen LogP contribution is -2.07. The second-order valence-electron chi connectivity index (χ2n) is 6.40. The zero-order chi connectivity index (χ0) is 20.1. The molecule has 3 aromatic rings. The van der Waals surface area contributed by atoms with Crippen molar-refractivity contribution in [1.82, 2.24) is 9.78 Å². The van der Waals surface area contributed by atoms with Crippen LogP contribution in [0.4, 0.5) is 0 Å². The molecule has 3 rings (SSSR count). The number of nitrogens with zero attached hydrogens (tertiary/aromatic N) is 2. The van der Waals surface area contributed by atoms with Gasteiger partial charge in [0.1, 0.15) is 0 Å². The van der Waals surface area contributed by atoms with E-state index in [4.69, 9.17) is 4.74 Å². The van der Waals surface area contributed by atoms with Gasteiger partial charge in [0, 0.05) is 11.9 Å². The van der Waals surface area contributed by atoms with Crippen molar-refractivity contribution in [3.8, 4) is 5.69 Å². The Balaban J connectivity index is 1.94. The maximum absolute atomic E-state index is 12.1. The predicted molar refractivity (Wildman–Crippen MR) is 106 cm³/mol. The third kappa shape index (κ3) is 4.67. The largest absolute Gasteiger partial charge is 0.461 e. The highest BCUT2D eigenvalue weighted by atomic mass is 32.2. The van der Waals surface area contributed by atoms with Crippen LogP contribution in [-0.2, 0) is 27.4 Å². The van der Waals surface area contributed by atoms with Crippen LogP contribution in [0.2, 0.25) is 0 Å². The third-order valence-electron chi connectivity index (χ3n) is 4.29. The van der Waals surface area contributed by atoms with E-state index in [9.17, 15) is 13.2 Å². The van der Waals surface area contributed by atoms with E-state index in [0.29, 0.717) is 12.1 Å². The number of esters is 1. The fourth-order valence-electron chi connectivity index (χ4n) is 2.88. The zero-order valence-electron chi connectivity index (χ0n) is 15.8. The van der Waals surface area contributed by atoms with Gasteiger partial charge in [-0.3, -0.25) is 0 Å². The molecule has 2 aromatic carbocycles. The normalized spacial score (nSPS) is 11.4. The first-order valence-electron chi connectivity index (χ1n) is 8.99. The minimum atomic E-state index is -3.28. The van der Waals surface area contributed by atoms with Gasteiger partial charge in [-0.25, -0.2) is 17.9 Å². The van der Waals surface area contributed by atoms with Crippen molar-refractivity contribution in [3.05, 3.63) is 77.6 Å². The molecule has 6 nitrogen and oxygen atoms in total. The average Bonchev–Trinajstić information content (AvgIpc) is 3.11. The molecule has 0 saturated carbocycles. The van der Waals surface area contributed by atoms with Gasteiger partial charge in [-0.05, 0) is 55.7 Å². The molecule has 28 heavy (non-hydrogen) atoms. The molecule has 0 aliphatic carbocycles. The van der Waals surface area contributed by atoms with Crippen LogP contribution in [0.15, 0.2) is 65.6 Å². The van der Waals surface area contributed by atoms with Crippen LogP contribution >= 0.6 is 0 Å². The zero-order valence-corrected chi connectivity index (χ0v) is 16.6. The Hall–Kier alpha value is -2.93. The van der Waals surface area contributed by atoms with Gasteiger partial charge in [-0.1, -0.05) is 30.3 Å². The minimum absolute atomic E-state index is 0.233.